The summed E-state index contributed by atoms with van der Waals surface area (Å²) in [6.45, 7) is 3.94. The average Bonchev–Trinajstić information content (AvgIpc) is 2.49. The van der Waals surface area contributed by atoms with E-state index >= 15 is 0 Å². The third-order valence-electron chi connectivity index (χ3n) is 3.24. The normalized spacial score (nSPS) is 22.4. The minimum Gasteiger partial charge on any atom is -0.459 e. The number of aliphatic hydroxyl groups is 2. The largest absolute Gasteiger partial charge is 0.459 e. The molecule has 0 radical (unpaired) electrons. The van der Waals surface area contributed by atoms with Gasteiger partial charge < -0.3 is 24.4 Å². The van der Waals surface area contributed by atoms with E-state index in [4.69, 9.17) is 14.2 Å². The molecule has 0 fully saturated rings. The van der Waals surface area contributed by atoms with Gasteiger partial charge in [0.1, 0.15) is 24.4 Å². The Morgan fingerprint density at radius 2 is 1.88 bits per heavy atom. The molecule has 2 N–H and O–H groups in total. The molecule has 0 unspecified atom stereocenters. The summed E-state index contributed by atoms with van der Waals surface area (Å²) in [4.78, 5) is 33.3. The van der Waals surface area contributed by atoms with Gasteiger partial charge in [0, 0.05) is 26.3 Å². The van der Waals surface area contributed by atoms with Crippen LogP contribution in [0.25, 0.3) is 0 Å². The Hall–Kier alpha value is -2.19. The van der Waals surface area contributed by atoms with Gasteiger partial charge in [0.2, 0.25) is 0 Å². The van der Waals surface area contributed by atoms with E-state index in [9.17, 15) is 24.6 Å². The van der Waals surface area contributed by atoms with Crippen LogP contribution in [-0.4, -0.2) is 58.6 Å². The molecule has 0 spiro atoms. The summed E-state index contributed by atoms with van der Waals surface area (Å²) in [6.07, 6.45) is 0.269. The van der Waals surface area contributed by atoms with Crippen molar-refractivity contribution in [2.24, 2.45) is 0 Å². The van der Waals surface area contributed by atoms with Gasteiger partial charge in [0.25, 0.3) is 0 Å². The Kier molecular flexibility index (Phi) is 7.60. The van der Waals surface area contributed by atoms with Crippen molar-refractivity contribution in [1.82, 2.24) is 0 Å². The lowest BCUT2D eigenvalue weighted by Gasteiger charge is -2.26. The molecule has 0 saturated carbocycles. The predicted molar refractivity (Wildman–Crippen MR) is 81.6 cm³/mol. The van der Waals surface area contributed by atoms with Gasteiger partial charge in [0.05, 0.1) is 0 Å². The second kappa shape index (κ2) is 9.19. The van der Waals surface area contributed by atoms with Gasteiger partial charge in [-0.2, -0.15) is 0 Å². The van der Waals surface area contributed by atoms with Gasteiger partial charge in [-0.3, -0.25) is 9.59 Å². The van der Waals surface area contributed by atoms with Crippen LogP contribution in [0.4, 0.5) is 0 Å². The molecule has 5 atom stereocenters. The second-order valence-corrected chi connectivity index (χ2v) is 5.37. The number of esters is 3. The van der Waals surface area contributed by atoms with Crippen LogP contribution in [0.5, 0.6) is 0 Å². The summed E-state index contributed by atoms with van der Waals surface area (Å²) in [5.74, 6) is -1.73. The topological polar surface area (TPSA) is 119 Å². The fourth-order valence-corrected chi connectivity index (χ4v) is 2.11. The molecule has 8 heteroatoms. The molecule has 8 nitrogen and oxygen atoms in total. The average molecular weight is 342 g/mol. The summed E-state index contributed by atoms with van der Waals surface area (Å²) in [5.41, 5.74) is 0. The molecular weight excluding hydrogens is 320 g/mol. The van der Waals surface area contributed by atoms with Crippen molar-refractivity contribution in [3.05, 3.63) is 24.3 Å². The lowest BCUT2D eigenvalue weighted by atomic mass is 10.0. The van der Waals surface area contributed by atoms with E-state index in [0.717, 1.165) is 0 Å². The van der Waals surface area contributed by atoms with Crippen molar-refractivity contribution in [1.29, 1.82) is 0 Å². The minimum atomic E-state index is -1.36. The summed E-state index contributed by atoms with van der Waals surface area (Å²) < 4.78 is 14.9. The number of carbonyl (C=O) groups is 3. The molecule has 0 bridgehead atoms. The quantitative estimate of drug-likeness (QED) is 0.377. The molecule has 134 valence electrons. The van der Waals surface area contributed by atoms with E-state index in [-0.39, 0.29) is 6.42 Å². The highest BCUT2D eigenvalue weighted by molar-refractivity contribution is 5.82. The molecule has 0 amide bonds. The molecule has 0 aromatic carbocycles. The van der Waals surface area contributed by atoms with Crippen LogP contribution in [0.3, 0.4) is 0 Å². The first-order valence-corrected chi connectivity index (χ1v) is 7.46. The summed E-state index contributed by atoms with van der Waals surface area (Å²) in [5, 5.41) is 20.0. The Labute approximate surface area is 139 Å². The van der Waals surface area contributed by atoms with Crippen LogP contribution in [0, 0.1) is 0 Å². The Balaban J connectivity index is 2.72. The minimum absolute atomic E-state index is 0.273. The number of cyclic esters (lactones) is 1. The van der Waals surface area contributed by atoms with Gasteiger partial charge in [-0.1, -0.05) is 12.2 Å². The number of hydrogen-bond donors (Lipinski definition) is 2. The van der Waals surface area contributed by atoms with Crippen LogP contribution in [0.1, 0.15) is 27.2 Å². The van der Waals surface area contributed by atoms with Gasteiger partial charge in [-0.05, 0) is 13.0 Å². The highest BCUT2D eigenvalue weighted by atomic mass is 16.6. The maximum absolute atomic E-state index is 11.2. The first-order valence-electron chi connectivity index (χ1n) is 7.46. The van der Waals surface area contributed by atoms with Crippen molar-refractivity contribution < 1.29 is 38.8 Å². The molecule has 0 aromatic rings. The maximum Gasteiger partial charge on any atom is 0.330 e. The van der Waals surface area contributed by atoms with Crippen molar-refractivity contribution in [2.75, 3.05) is 0 Å². The van der Waals surface area contributed by atoms with E-state index < -0.39 is 48.4 Å². The molecule has 1 rings (SSSR count). The van der Waals surface area contributed by atoms with Crippen molar-refractivity contribution in [3.63, 3.8) is 0 Å². The SMILES string of the molecule is CC(=O)O[C@H](C)[C@@H](/C=C\[C@H](O)[C@H](O)[C@@H]1CC=CC(=O)O1)OC(C)=O. The van der Waals surface area contributed by atoms with Crippen LogP contribution in [0.15, 0.2) is 24.3 Å². The van der Waals surface area contributed by atoms with Crippen molar-refractivity contribution >= 4 is 17.9 Å². The monoisotopic (exact) mass is 342 g/mol. The van der Waals surface area contributed by atoms with Gasteiger partial charge >= 0.3 is 17.9 Å². The molecule has 0 aliphatic carbocycles. The zero-order valence-corrected chi connectivity index (χ0v) is 13.7. The van der Waals surface area contributed by atoms with Crippen LogP contribution in [-0.2, 0) is 28.6 Å². The predicted octanol–water partition coefficient (Wildman–Crippen LogP) is 0.0194. The lowest BCUT2D eigenvalue weighted by molar-refractivity contribution is -0.160. The fourth-order valence-electron chi connectivity index (χ4n) is 2.11. The summed E-state index contributed by atoms with van der Waals surface area (Å²) in [6, 6.07) is 0. The highest BCUT2D eigenvalue weighted by Gasteiger charge is 2.29. The molecule has 1 heterocycles. The van der Waals surface area contributed by atoms with Crippen molar-refractivity contribution in [3.8, 4) is 0 Å². The first-order chi connectivity index (χ1) is 11.2. The first kappa shape index (κ1) is 19.9. The van der Waals surface area contributed by atoms with E-state index in [0.29, 0.717) is 0 Å². The Bertz CT molecular complexity index is 524. The van der Waals surface area contributed by atoms with Crippen LogP contribution in [0.2, 0.25) is 0 Å². The van der Waals surface area contributed by atoms with Gasteiger partial charge in [-0.15, -0.1) is 0 Å². The smallest absolute Gasteiger partial charge is 0.330 e. The third-order valence-corrected chi connectivity index (χ3v) is 3.24. The molecule has 0 aromatic heterocycles. The van der Waals surface area contributed by atoms with E-state index in [2.05, 4.69) is 0 Å². The maximum atomic E-state index is 11.2. The summed E-state index contributed by atoms with van der Waals surface area (Å²) in [7, 11) is 0. The number of ether oxygens (including phenoxy) is 3. The molecule has 1 aliphatic rings. The second-order valence-electron chi connectivity index (χ2n) is 5.37. The zero-order valence-electron chi connectivity index (χ0n) is 13.7. The Morgan fingerprint density at radius 1 is 1.25 bits per heavy atom. The van der Waals surface area contributed by atoms with Crippen molar-refractivity contribution in [2.45, 2.75) is 57.7 Å². The highest BCUT2D eigenvalue weighted by Crippen LogP contribution is 2.16. The molecular formula is C16H22O8. The summed E-state index contributed by atoms with van der Waals surface area (Å²) >= 11 is 0. The van der Waals surface area contributed by atoms with Gasteiger partial charge in [0.15, 0.2) is 6.10 Å². The van der Waals surface area contributed by atoms with E-state index in [1.54, 1.807) is 6.08 Å². The van der Waals surface area contributed by atoms with Gasteiger partial charge in [-0.25, -0.2) is 4.79 Å². The standard InChI is InChI=1S/C16H22O8/c1-9(22-10(2)17)13(23-11(3)18)8-7-12(19)16(21)14-5-4-6-15(20)24-14/h4,6-9,12-14,16,19,21H,5H2,1-3H3/b8-7-/t9-,12+,13-,14+,16+/m1/s1. The fraction of sp³-hybridized carbons (Fsp3) is 0.562. The zero-order chi connectivity index (χ0) is 18.3. The molecule has 24 heavy (non-hydrogen) atoms. The number of aliphatic hydroxyl groups excluding tert-OH is 2. The Morgan fingerprint density at radius 3 is 2.42 bits per heavy atom. The van der Waals surface area contributed by atoms with E-state index in [1.165, 1.54) is 39.0 Å². The van der Waals surface area contributed by atoms with Crippen LogP contribution >= 0.6 is 0 Å². The molecule has 0 saturated heterocycles. The van der Waals surface area contributed by atoms with E-state index in [1.807, 2.05) is 0 Å². The number of carbonyl (C=O) groups excluding carboxylic acids is 3. The number of hydrogen-bond acceptors (Lipinski definition) is 8. The number of rotatable bonds is 7. The third kappa shape index (κ3) is 6.51. The molecule has 1 aliphatic heterocycles. The van der Waals surface area contributed by atoms with Crippen LogP contribution < -0.4 is 0 Å². The lowest BCUT2D eigenvalue weighted by Crippen LogP contribution is -2.40.